The van der Waals surface area contributed by atoms with Crippen LogP contribution in [0.5, 0.6) is 0 Å². The first kappa shape index (κ1) is 10.8. The van der Waals surface area contributed by atoms with Crippen molar-refractivity contribution in [3.63, 3.8) is 0 Å². The Morgan fingerprint density at radius 3 is 2.00 bits per heavy atom. The average molecular weight is 239 g/mol. The van der Waals surface area contributed by atoms with Gasteiger partial charge in [-0.1, -0.05) is 60.7 Å². The van der Waals surface area contributed by atoms with Gasteiger partial charge in [0.05, 0.1) is 6.04 Å². The maximum atomic E-state index is 11.5. The average Bonchev–Trinajstić information content (AvgIpc) is 2.83. The van der Waals surface area contributed by atoms with Crippen molar-refractivity contribution in [2.45, 2.75) is 12.1 Å². The van der Waals surface area contributed by atoms with Crippen LogP contribution >= 0.6 is 0 Å². The Morgan fingerprint density at radius 2 is 1.39 bits per heavy atom. The fraction of sp³-hybridized carbons (Fsp3) is 0.133. The molecular formula is C15H13NO2. The number of nitrogens with one attached hydrogen (secondary N) is 1. The molecule has 2 unspecified atom stereocenters. The van der Waals surface area contributed by atoms with E-state index in [2.05, 4.69) is 5.32 Å². The molecule has 3 rings (SSSR count). The molecule has 1 amide bonds. The van der Waals surface area contributed by atoms with E-state index >= 15 is 0 Å². The van der Waals surface area contributed by atoms with Crippen molar-refractivity contribution in [3.8, 4) is 0 Å². The monoisotopic (exact) mass is 239 g/mol. The summed E-state index contributed by atoms with van der Waals surface area (Å²) in [5.41, 5.74) is 2.06. The molecule has 18 heavy (non-hydrogen) atoms. The topological polar surface area (TPSA) is 38.3 Å². The van der Waals surface area contributed by atoms with Gasteiger partial charge in [-0.3, -0.25) is 0 Å². The first-order chi connectivity index (χ1) is 8.84. The van der Waals surface area contributed by atoms with Crippen molar-refractivity contribution >= 4 is 6.09 Å². The molecule has 1 saturated heterocycles. The fourth-order valence-electron chi connectivity index (χ4n) is 2.24. The predicted octanol–water partition coefficient (Wildman–Crippen LogP) is 3.21. The van der Waals surface area contributed by atoms with Crippen molar-refractivity contribution < 1.29 is 9.53 Å². The summed E-state index contributed by atoms with van der Waals surface area (Å²) in [4.78, 5) is 11.5. The van der Waals surface area contributed by atoms with Crippen LogP contribution in [0.3, 0.4) is 0 Å². The van der Waals surface area contributed by atoms with E-state index in [1.165, 1.54) is 0 Å². The zero-order valence-corrected chi connectivity index (χ0v) is 9.74. The first-order valence-corrected chi connectivity index (χ1v) is 5.91. The molecule has 2 aromatic carbocycles. The second kappa shape index (κ2) is 4.53. The van der Waals surface area contributed by atoms with Gasteiger partial charge in [0, 0.05) is 0 Å². The Morgan fingerprint density at radius 1 is 0.833 bits per heavy atom. The third kappa shape index (κ3) is 1.95. The summed E-state index contributed by atoms with van der Waals surface area (Å²) >= 11 is 0. The normalized spacial score (nSPS) is 22.3. The van der Waals surface area contributed by atoms with Gasteiger partial charge in [0.1, 0.15) is 0 Å². The smallest absolute Gasteiger partial charge is 0.408 e. The summed E-state index contributed by atoms with van der Waals surface area (Å²) < 4.78 is 5.36. The Labute approximate surface area is 105 Å². The molecule has 2 atom stereocenters. The Hall–Kier alpha value is -2.29. The van der Waals surface area contributed by atoms with Gasteiger partial charge >= 0.3 is 6.09 Å². The second-order valence-corrected chi connectivity index (χ2v) is 4.27. The van der Waals surface area contributed by atoms with Crippen LogP contribution in [0, 0.1) is 0 Å². The van der Waals surface area contributed by atoms with E-state index in [0.717, 1.165) is 11.1 Å². The molecule has 0 spiro atoms. The highest BCUT2D eigenvalue weighted by Gasteiger charge is 2.35. The number of hydrogen-bond donors (Lipinski definition) is 1. The molecule has 3 heteroatoms. The fourth-order valence-corrected chi connectivity index (χ4v) is 2.24. The Kier molecular flexibility index (Phi) is 2.73. The van der Waals surface area contributed by atoms with Crippen LogP contribution in [0.1, 0.15) is 23.3 Å². The summed E-state index contributed by atoms with van der Waals surface area (Å²) in [5, 5.41) is 2.86. The van der Waals surface area contributed by atoms with Gasteiger partial charge < -0.3 is 10.1 Å². The largest absolute Gasteiger partial charge is 0.439 e. The highest BCUT2D eigenvalue weighted by atomic mass is 16.6. The van der Waals surface area contributed by atoms with E-state index in [1.807, 2.05) is 60.7 Å². The van der Waals surface area contributed by atoms with Gasteiger partial charge in [-0.15, -0.1) is 0 Å². The molecule has 1 fully saturated rings. The van der Waals surface area contributed by atoms with Crippen LogP contribution < -0.4 is 5.32 Å². The minimum atomic E-state index is -0.363. The SMILES string of the molecule is O=C1NC(c2ccccc2)C(c2ccccc2)O1. The third-order valence-electron chi connectivity index (χ3n) is 3.10. The van der Waals surface area contributed by atoms with Crippen LogP contribution in [0.15, 0.2) is 60.7 Å². The standard InChI is InChI=1S/C15H13NO2/c17-15-16-13(11-7-3-1-4-8-11)14(18-15)12-9-5-2-6-10-12/h1-10,13-14H,(H,16,17). The molecule has 0 radical (unpaired) electrons. The number of alkyl carbamates (subject to hydrolysis) is 1. The summed E-state index contributed by atoms with van der Waals surface area (Å²) in [6, 6.07) is 19.5. The van der Waals surface area contributed by atoms with Crippen LogP contribution in [0.25, 0.3) is 0 Å². The first-order valence-electron chi connectivity index (χ1n) is 5.91. The third-order valence-corrected chi connectivity index (χ3v) is 3.10. The van der Waals surface area contributed by atoms with Crippen LogP contribution in [0.2, 0.25) is 0 Å². The van der Waals surface area contributed by atoms with Crippen LogP contribution in [0.4, 0.5) is 4.79 Å². The Balaban J connectivity index is 1.96. The maximum Gasteiger partial charge on any atom is 0.408 e. The van der Waals surface area contributed by atoms with Gasteiger partial charge in [0.15, 0.2) is 6.10 Å². The van der Waals surface area contributed by atoms with Gasteiger partial charge in [-0.05, 0) is 11.1 Å². The van der Waals surface area contributed by atoms with E-state index in [9.17, 15) is 4.79 Å². The maximum absolute atomic E-state index is 11.5. The molecule has 0 aliphatic carbocycles. The second-order valence-electron chi connectivity index (χ2n) is 4.27. The lowest BCUT2D eigenvalue weighted by Gasteiger charge is -2.17. The van der Waals surface area contributed by atoms with Gasteiger partial charge in [-0.25, -0.2) is 4.79 Å². The van der Waals surface area contributed by atoms with Crippen molar-refractivity contribution in [3.05, 3.63) is 71.8 Å². The van der Waals surface area contributed by atoms with Gasteiger partial charge in [0.2, 0.25) is 0 Å². The Bertz CT molecular complexity index is 489. The molecule has 3 nitrogen and oxygen atoms in total. The highest BCUT2D eigenvalue weighted by molar-refractivity contribution is 5.71. The van der Waals surface area contributed by atoms with Gasteiger partial charge in [0.25, 0.3) is 0 Å². The lowest BCUT2D eigenvalue weighted by Crippen LogP contribution is -2.19. The predicted molar refractivity (Wildman–Crippen MR) is 68.0 cm³/mol. The number of carbonyl (C=O) groups excluding carboxylic acids is 1. The molecule has 90 valence electrons. The van der Waals surface area contributed by atoms with E-state index in [4.69, 9.17) is 4.74 Å². The molecule has 1 aliphatic heterocycles. The van der Waals surface area contributed by atoms with E-state index in [1.54, 1.807) is 0 Å². The van der Waals surface area contributed by atoms with Crippen LogP contribution in [-0.2, 0) is 4.74 Å². The molecule has 0 bridgehead atoms. The van der Waals surface area contributed by atoms with Crippen molar-refractivity contribution in [1.29, 1.82) is 0 Å². The quantitative estimate of drug-likeness (QED) is 0.873. The number of carbonyl (C=O) groups is 1. The summed E-state index contributed by atoms with van der Waals surface area (Å²) in [5.74, 6) is 0. The van der Waals surface area contributed by atoms with Crippen molar-refractivity contribution in [1.82, 2.24) is 5.32 Å². The summed E-state index contributed by atoms with van der Waals surface area (Å²) in [7, 11) is 0. The number of benzene rings is 2. The molecule has 0 saturated carbocycles. The van der Waals surface area contributed by atoms with E-state index < -0.39 is 0 Å². The highest BCUT2D eigenvalue weighted by Crippen LogP contribution is 2.36. The number of amides is 1. The number of rotatable bonds is 2. The molecule has 1 aliphatic rings. The number of hydrogen-bond acceptors (Lipinski definition) is 2. The minimum absolute atomic E-state index is 0.124. The molecule has 1 heterocycles. The molecule has 0 aromatic heterocycles. The number of cyclic esters (lactones) is 1. The number of ether oxygens (including phenoxy) is 1. The summed E-state index contributed by atoms with van der Waals surface area (Å²) in [6.07, 6.45) is -0.626. The van der Waals surface area contributed by atoms with Crippen molar-refractivity contribution in [2.24, 2.45) is 0 Å². The van der Waals surface area contributed by atoms with Crippen molar-refractivity contribution in [2.75, 3.05) is 0 Å². The summed E-state index contributed by atoms with van der Waals surface area (Å²) in [6.45, 7) is 0. The van der Waals surface area contributed by atoms with E-state index in [0.29, 0.717) is 0 Å². The minimum Gasteiger partial charge on any atom is -0.439 e. The molecular weight excluding hydrogens is 226 g/mol. The molecule has 1 N–H and O–H groups in total. The van der Waals surface area contributed by atoms with E-state index in [-0.39, 0.29) is 18.2 Å². The molecule has 2 aromatic rings. The lowest BCUT2D eigenvalue weighted by atomic mass is 9.97. The van der Waals surface area contributed by atoms with Gasteiger partial charge in [-0.2, -0.15) is 0 Å². The lowest BCUT2D eigenvalue weighted by molar-refractivity contribution is 0.132. The zero-order valence-electron chi connectivity index (χ0n) is 9.74. The zero-order chi connectivity index (χ0) is 12.4. The van der Waals surface area contributed by atoms with Crippen LogP contribution in [-0.4, -0.2) is 6.09 Å².